The summed E-state index contributed by atoms with van der Waals surface area (Å²) in [7, 11) is 5.02. The first-order valence-electron chi connectivity index (χ1n) is 13.7. The van der Waals surface area contributed by atoms with Gasteiger partial charge in [-0.3, -0.25) is 9.59 Å². The van der Waals surface area contributed by atoms with Crippen LogP contribution in [-0.4, -0.2) is 103 Å². The molecule has 2 saturated heterocycles. The topological polar surface area (TPSA) is 110 Å². The normalized spacial score (nSPS) is 17.0. The number of ether oxygens (including phenoxy) is 4. The predicted molar refractivity (Wildman–Crippen MR) is 150 cm³/mol. The van der Waals surface area contributed by atoms with Crippen molar-refractivity contribution < 1.29 is 28.5 Å². The van der Waals surface area contributed by atoms with Gasteiger partial charge in [0, 0.05) is 70.6 Å². The van der Waals surface area contributed by atoms with Gasteiger partial charge in [-0.05, 0) is 64.4 Å². The Morgan fingerprint density at radius 2 is 1.89 bits per heavy atom. The highest BCUT2D eigenvalue weighted by atomic mass is 16.5. The van der Waals surface area contributed by atoms with Crippen LogP contribution in [0.3, 0.4) is 0 Å². The highest BCUT2D eigenvalue weighted by Gasteiger charge is 2.17. The van der Waals surface area contributed by atoms with Crippen molar-refractivity contribution in [2.45, 2.75) is 64.6 Å². The van der Waals surface area contributed by atoms with E-state index in [4.69, 9.17) is 18.9 Å². The van der Waals surface area contributed by atoms with Crippen LogP contribution >= 0.6 is 0 Å². The molecule has 0 spiro atoms. The van der Waals surface area contributed by atoms with E-state index in [-0.39, 0.29) is 11.9 Å². The highest BCUT2D eigenvalue weighted by Crippen LogP contribution is 2.28. The maximum Gasteiger partial charge on any atom is 0.253 e. The fourth-order valence-corrected chi connectivity index (χ4v) is 3.82. The van der Waals surface area contributed by atoms with E-state index >= 15 is 0 Å². The van der Waals surface area contributed by atoms with Crippen LogP contribution in [0.15, 0.2) is 18.2 Å². The second-order valence-electron chi connectivity index (χ2n) is 9.49. The summed E-state index contributed by atoms with van der Waals surface area (Å²) in [6.07, 6.45) is 4.75. The van der Waals surface area contributed by atoms with E-state index in [2.05, 4.69) is 22.9 Å². The molecule has 0 saturated carbocycles. The highest BCUT2D eigenvalue weighted by molar-refractivity contribution is 5.94. The van der Waals surface area contributed by atoms with Crippen molar-refractivity contribution in [3.05, 3.63) is 23.8 Å². The smallest absolute Gasteiger partial charge is 0.253 e. The van der Waals surface area contributed by atoms with Crippen LogP contribution in [0.25, 0.3) is 0 Å². The zero-order chi connectivity index (χ0) is 28.2. The van der Waals surface area contributed by atoms with Crippen LogP contribution < -0.4 is 25.4 Å². The standard InChI is InChI=1S/C16H25NO4.C6H14N2.C6H11NO2/c1-12(2)17(3)16(18)13-7-8-14(20-5)15(11-13)21-10-6-9-19-4;1-2-8-6-3-4-7-5-6;8-5-7-6-1-3-9-4-2-6/h7-8,11-12H,6,9-10H2,1-5H3;6-8H,2-5H2,1H3;5-6H,1-4H2,(H,7,8). The maximum atomic E-state index is 12.3. The van der Waals surface area contributed by atoms with E-state index in [1.165, 1.54) is 13.0 Å². The molecule has 0 bridgehead atoms. The SMILES string of the molecule is CCNC1CCNC1.COCCCOc1cc(C(=O)N(C)C(C)C)ccc1OC.O=CNC1CCOCC1. The third kappa shape index (κ3) is 13.4. The molecule has 1 atom stereocenters. The molecule has 0 radical (unpaired) electrons. The van der Waals surface area contributed by atoms with Crippen molar-refractivity contribution >= 4 is 12.3 Å². The van der Waals surface area contributed by atoms with E-state index in [1.54, 1.807) is 44.4 Å². The minimum absolute atomic E-state index is 0.0330. The van der Waals surface area contributed by atoms with Gasteiger partial charge in [-0.2, -0.15) is 0 Å². The van der Waals surface area contributed by atoms with Crippen LogP contribution in [0, 0.1) is 0 Å². The summed E-state index contributed by atoms with van der Waals surface area (Å²) < 4.78 is 21.0. The number of carbonyl (C=O) groups is 2. The lowest BCUT2D eigenvalue weighted by molar-refractivity contribution is -0.110. The first-order chi connectivity index (χ1) is 18.4. The first-order valence-corrected chi connectivity index (χ1v) is 13.7. The first kappa shape index (κ1) is 33.6. The van der Waals surface area contributed by atoms with Gasteiger partial charge in [0.15, 0.2) is 11.5 Å². The summed E-state index contributed by atoms with van der Waals surface area (Å²) in [5.41, 5.74) is 0.591. The van der Waals surface area contributed by atoms with Crippen molar-refractivity contribution in [3.8, 4) is 11.5 Å². The number of hydrogen-bond donors (Lipinski definition) is 3. The minimum Gasteiger partial charge on any atom is -0.493 e. The van der Waals surface area contributed by atoms with Gasteiger partial charge in [-0.25, -0.2) is 0 Å². The van der Waals surface area contributed by atoms with E-state index in [1.807, 2.05) is 13.8 Å². The van der Waals surface area contributed by atoms with Gasteiger partial charge in [0.2, 0.25) is 6.41 Å². The minimum atomic E-state index is -0.0330. The molecule has 0 aromatic heterocycles. The van der Waals surface area contributed by atoms with Crippen LogP contribution in [0.1, 0.15) is 56.8 Å². The van der Waals surface area contributed by atoms with Gasteiger partial charge in [-0.15, -0.1) is 0 Å². The molecular weight excluding hydrogens is 488 g/mol. The molecule has 2 aliphatic heterocycles. The number of carbonyl (C=O) groups excluding carboxylic acids is 2. The van der Waals surface area contributed by atoms with Crippen LogP contribution in [0.4, 0.5) is 0 Å². The number of rotatable bonds is 12. The van der Waals surface area contributed by atoms with Crippen molar-refractivity contribution in [1.82, 2.24) is 20.9 Å². The van der Waals surface area contributed by atoms with Crippen molar-refractivity contribution in [1.29, 1.82) is 0 Å². The molecule has 2 aliphatic rings. The molecule has 2 heterocycles. The summed E-state index contributed by atoms with van der Waals surface area (Å²) in [5, 5.41) is 9.40. The molecule has 218 valence electrons. The monoisotopic (exact) mass is 538 g/mol. The summed E-state index contributed by atoms with van der Waals surface area (Å²) in [5.74, 6) is 1.17. The Bertz CT molecular complexity index is 768. The molecule has 38 heavy (non-hydrogen) atoms. The maximum absolute atomic E-state index is 12.3. The second kappa shape index (κ2) is 20.5. The third-order valence-corrected chi connectivity index (χ3v) is 6.33. The summed E-state index contributed by atoms with van der Waals surface area (Å²) in [6, 6.07) is 6.49. The number of hydrogen-bond acceptors (Lipinski definition) is 8. The third-order valence-electron chi connectivity index (χ3n) is 6.33. The molecular formula is C28H50N4O6. The molecule has 2 fully saturated rings. The molecule has 1 unspecified atom stereocenters. The molecule has 10 nitrogen and oxygen atoms in total. The quantitative estimate of drug-likeness (QED) is 0.275. The number of methoxy groups -OCH3 is 2. The molecule has 1 aromatic carbocycles. The van der Waals surface area contributed by atoms with E-state index in [0.29, 0.717) is 36.3 Å². The molecule has 1 aromatic rings. The number of nitrogens with one attached hydrogen (secondary N) is 3. The van der Waals surface area contributed by atoms with Crippen molar-refractivity contribution in [3.63, 3.8) is 0 Å². The molecule has 0 aliphatic carbocycles. The molecule has 10 heteroatoms. The Morgan fingerprint density at radius 1 is 1.16 bits per heavy atom. The number of likely N-dealkylation sites (N-methyl/N-ethyl adjacent to an activating group) is 1. The fourth-order valence-electron chi connectivity index (χ4n) is 3.82. The number of benzene rings is 1. The molecule has 3 rings (SSSR count). The second-order valence-corrected chi connectivity index (χ2v) is 9.49. The Hall–Kier alpha value is -2.40. The van der Waals surface area contributed by atoms with Gasteiger partial charge >= 0.3 is 0 Å². The molecule has 2 amide bonds. The van der Waals surface area contributed by atoms with Crippen LogP contribution in [0.5, 0.6) is 11.5 Å². The Morgan fingerprint density at radius 3 is 2.45 bits per heavy atom. The van der Waals surface area contributed by atoms with Crippen LogP contribution in [-0.2, 0) is 14.3 Å². The van der Waals surface area contributed by atoms with E-state index in [9.17, 15) is 9.59 Å². The van der Waals surface area contributed by atoms with Gasteiger partial charge in [0.1, 0.15) is 0 Å². The zero-order valence-corrected chi connectivity index (χ0v) is 24.2. The van der Waals surface area contributed by atoms with Gasteiger partial charge < -0.3 is 39.8 Å². The zero-order valence-electron chi connectivity index (χ0n) is 24.2. The lowest BCUT2D eigenvalue weighted by Gasteiger charge is -2.22. The number of amides is 2. The predicted octanol–water partition coefficient (Wildman–Crippen LogP) is 2.46. The van der Waals surface area contributed by atoms with Crippen molar-refractivity contribution in [2.75, 3.05) is 67.3 Å². The van der Waals surface area contributed by atoms with Gasteiger partial charge in [-0.1, -0.05) is 6.92 Å². The summed E-state index contributed by atoms with van der Waals surface area (Å²) in [4.78, 5) is 23.9. The van der Waals surface area contributed by atoms with Gasteiger partial charge in [0.05, 0.1) is 13.7 Å². The Labute approximate surface area is 229 Å². The van der Waals surface area contributed by atoms with Crippen LogP contribution in [0.2, 0.25) is 0 Å². The van der Waals surface area contributed by atoms with E-state index < -0.39 is 0 Å². The largest absolute Gasteiger partial charge is 0.493 e. The fraction of sp³-hybridized carbons (Fsp3) is 0.714. The van der Waals surface area contributed by atoms with Gasteiger partial charge in [0.25, 0.3) is 5.91 Å². The Kier molecular flexibility index (Phi) is 18.2. The summed E-state index contributed by atoms with van der Waals surface area (Å²) in [6.45, 7) is 12.3. The van der Waals surface area contributed by atoms with Crippen molar-refractivity contribution in [2.24, 2.45) is 0 Å². The molecule has 3 N–H and O–H groups in total. The average molecular weight is 539 g/mol. The summed E-state index contributed by atoms with van der Waals surface area (Å²) >= 11 is 0. The lowest BCUT2D eigenvalue weighted by Crippen LogP contribution is -2.33. The lowest BCUT2D eigenvalue weighted by atomic mass is 10.1. The number of nitrogens with zero attached hydrogens (tertiary/aromatic N) is 1. The van der Waals surface area contributed by atoms with E-state index in [0.717, 1.165) is 58.0 Å². The average Bonchev–Trinajstić information content (AvgIpc) is 3.45. The Balaban J connectivity index is 0.000000344.